The van der Waals surface area contributed by atoms with Gasteiger partial charge in [0.2, 0.25) is 5.91 Å². The minimum absolute atomic E-state index is 0.0933. The highest BCUT2D eigenvalue weighted by Crippen LogP contribution is 2.23. The lowest BCUT2D eigenvalue weighted by Gasteiger charge is -2.11. The molecule has 0 aliphatic heterocycles. The van der Waals surface area contributed by atoms with Crippen LogP contribution < -0.4 is 10.1 Å². The summed E-state index contributed by atoms with van der Waals surface area (Å²) in [5.74, 6) is 0.628. The molecule has 0 fully saturated rings. The lowest BCUT2D eigenvalue weighted by Crippen LogP contribution is -2.15. The van der Waals surface area contributed by atoms with E-state index in [0.29, 0.717) is 5.02 Å². The molecular formula is C17H18ClNO2. The summed E-state index contributed by atoms with van der Waals surface area (Å²) in [7, 11) is 1.60. The number of halogens is 1. The number of hydrogen-bond acceptors (Lipinski definition) is 2. The van der Waals surface area contributed by atoms with Crippen LogP contribution in [0.1, 0.15) is 16.7 Å². The van der Waals surface area contributed by atoms with Gasteiger partial charge in [0.15, 0.2) is 0 Å². The fraction of sp³-hybridized carbons (Fsp3) is 0.235. The molecule has 0 radical (unpaired) electrons. The number of anilines is 1. The molecule has 0 aliphatic rings. The van der Waals surface area contributed by atoms with E-state index in [0.717, 1.165) is 28.1 Å². The zero-order valence-electron chi connectivity index (χ0n) is 12.4. The van der Waals surface area contributed by atoms with Gasteiger partial charge in [-0.2, -0.15) is 0 Å². The molecule has 0 aromatic heterocycles. The zero-order valence-corrected chi connectivity index (χ0v) is 13.1. The summed E-state index contributed by atoms with van der Waals surface area (Å²) in [5.41, 5.74) is 3.68. The van der Waals surface area contributed by atoms with E-state index in [2.05, 4.69) is 5.32 Å². The molecule has 2 rings (SSSR count). The Hall–Kier alpha value is -2.00. The van der Waals surface area contributed by atoms with Gasteiger partial charge in [-0.3, -0.25) is 4.79 Å². The van der Waals surface area contributed by atoms with Crippen molar-refractivity contribution in [2.75, 3.05) is 12.4 Å². The molecule has 0 saturated heterocycles. The Balaban J connectivity index is 2.15. The molecule has 0 aliphatic carbocycles. The molecule has 110 valence electrons. The average Bonchev–Trinajstić information content (AvgIpc) is 2.43. The van der Waals surface area contributed by atoms with E-state index < -0.39 is 0 Å². The summed E-state index contributed by atoms with van der Waals surface area (Å²) in [5, 5.41) is 3.49. The predicted molar refractivity (Wildman–Crippen MR) is 86.3 cm³/mol. The third-order valence-corrected chi connectivity index (χ3v) is 3.50. The second-order valence-electron chi connectivity index (χ2n) is 5.00. The van der Waals surface area contributed by atoms with Crippen LogP contribution in [0.25, 0.3) is 0 Å². The molecule has 0 spiro atoms. The van der Waals surface area contributed by atoms with Crippen LogP contribution in [0.3, 0.4) is 0 Å². The Morgan fingerprint density at radius 1 is 1.19 bits per heavy atom. The van der Waals surface area contributed by atoms with Crippen molar-refractivity contribution < 1.29 is 9.53 Å². The van der Waals surface area contributed by atoms with Crippen molar-refractivity contribution in [2.24, 2.45) is 0 Å². The molecule has 0 atom stereocenters. The van der Waals surface area contributed by atoms with Crippen LogP contribution >= 0.6 is 11.6 Å². The molecule has 21 heavy (non-hydrogen) atoms. The van der Waals surface area contributed by atoms with Crippen molar-refractivity contribution in [3.05, 3.63) is 58.1 Å². The van der Waals surface area contributed by atoms with Crippen molar-refractivity contribution in [3.8, 4) is 5.75 Å². The van der Waals surface area contributed by atoms with E-state index in [4.69, 9.17) is 16.3 Å². The maximum Gasteiger partial charge on any atom is 0.228 e. The molecule has 1 amide bonds. The van der Waals surface area contributed by atoms with Gasteiger partial charge in [-0.25, -0.2) is 0 Å². The number of ether oxygens (including phenoxy) is 1. The number of rotatable bonds is 4. The Morgan fingerprint density at radius 3 is 2.67 bits per heavy atom. The second-order valence-corrected chi connectivity index (χ2v) is 5.44. The van der Waals surface area contributed by atoms with E-state index >= 15 is 0 Å². The number of amides is 1. The van der Waals surface area contributed by atoms with Gasteiger partial charge in [0, 0.05) is 16.3 Å². The number of carbonyl (C=O) groups excluding carboxylic acids is 1. The number of hydrogen-bond donors (Lipinski definition) is 1. The second kappa shape index (κ2) is 6.64. The van der Waals surface area contributed by atoms with Crippen molar-refractivity contribution in [1.29, 1.82) is 0 Å². The van der Waals surface area contributed by atoms with E-state index in [1.807, 2.05) is 38.1 Å². The first-order valence-corrected chi connectivity index (χ1v) is 7.07. The Kier molecular flexibility index (Phi) is 4.86. The Labute approximate surface area is 129 Å². The molecule has 4 heteroatoms. The third-order valence-electron chi connectivity index (χ3n) is 3.26. The Morgan fingerprint density at radius 2 is 1.95 bits per heavy atom. The number of aryl methyl sites for hydroxylation is 2. The summed E-state index contributed by atoms with van der Waals surface area (Å²) in [6, 6.07) is 11.2. The van der Waals surface area contributed by atoms with Crippen LogP contribution in [0.2, 0.25) is 5.02 Å². The highest BCUT2D eigenvalue weighted by Gasteiger charge is 2.10. The Bertz CT molecular complexity index is 668. The molecule has 0 bridgehead atoms. The lowest BCUT2D eigenvalue weighted by atomic mass is 10.1. The maximum atomic E-state index is 12.2. The molecule has 3 nitrogen and oxygen atoms in total. The average molecular weight is 304 g/mol. The molecule has 1 N–H and O–H groups in total. The van der Waals surface area contributed by atoms with E-state index in [9.17, 15) is 4.79 Å². The fourth-order valence-corrected chi connectivity index (χ4v) is 2.31. The van der Waals surface area contributed by atoms with Gasteiger partial charge < -0.3 is 10.1 Å². The number of carbonyl (C=O) groups is 1. The number of methoxy groups -OCH3 is 1. The quantitative estimate of drug-likeness (QED) is 0.921. The van der Waals surface area contributed by atoms with Crippen LogP contribution in [0, 0.1) is 13.8 Å². The van der Waals surface area contributed by atoms with E-state index in [1.165, 1.54) is 0 Å². The first-order chi connectivity index (χ1) is 9.99. The monoisotopic (exact) mass is 303 g/mol. The predicted octanol–water partition coefficient (Wildman–Crippen LogP) is 4.15. The van der Waals surface area contributed by atoms with Crippen LogP contribution in [-0.4, -0.2) is 13.0 Å². The molecule has 0 unspecified atom stereocenters. The van der Waals surface area contributed by atoms with Gasteiger partial charge in [-0.1, -0.05) is 35.4 Å². The van der Waals surface area contributed by atoms with Gasteiger partial charge >= 0.3 is 0 Å². The first-order valence-electron chi connectivity index (χ1n) is 6.69. The van der Waals surface area contributed by atoms with Gasteiger partial charge in [0.25, 0.3) is 0 Å². The number of nitrogens with one attached hydrogen (secondary N) is 1. The smallest absolute Gasteiger partial charge is 0.228 e. The standard InChI is InChI=1S/C17H18ClNO2/c1-11-4-7-16(21-3)13(8-11)9-17(20)19-15-10-14(18)6-5-12(15)2/h4-8,10H,9H2,1-3H3,(H,19,20). The molecule has 2 aromatic rings. The van der Waals surface area contributed by atoms with Gasteiger partial charge in [0.1, 0.15) is 5.75 Å². The van der Waals surface area contributed by atoms with Crippen LogP contribution in [0.5, 0.6) is 5.75 Å². The van der Waals surface area contributed by atoms with Crippen molar-refractivity contribution in [2.45, 2.75) is 20.3 Å². The summed E-state index contributed by atoms with van der Waals surface area (Å²) in [6.07, 6.45) is 0.261. The van der Waals surface area contributed by atoms with E-state index in [-0.39, 0.29) is 12.3 Å². The highest BCUT2D eigenvalue weighted by atomic mass is 35.5. The van der Waals surface area contributed by atoms with Gasteiger partial charge in [-0.15, -0.1) is 0 Å². The fourth-order valence-electron chi connectivity index (χ4n) is 2.14. The lowest BCUT2D eigenvalue weighted by molar-refractivity contribution is -0.115. The minimum atomic E-state index is -0.0933. The summed E-state index contributed by atoms with van der Waals surface area (Å²) in [6.45, 7) is 3.92. The molecule has 0 heterocycles. The van der Waals surface area contributed by atoms with Crippen molar-refractivity contribution >= 4 is 23.2 Å². The summed E-state index contributed by atoms with van der Waals surface area (Å²) in [4.78, 5) is 12.2. The first kappa shape index (κ1) is 15.4. The molecule has 2 aromatic carbocycles. The molecular weight excluding hydrogens is 286 g/mol. The number of benzene rings is 2. The SMILES string of the molecule is COc1ccc(C)cc1CC(=O)Nc1cc(Cl)ccc1C. The third kappa shape index (κ3) is 3.99. The largest absolute Gasteiger partial charge is 0.496 e. The minimum Gasteiger partial charge on any atom is -0.496 e. The van der Waals surface area contributed by atoms with Crippen molar-refractivity contribution in [1.82, 2.24) is 0 Å². The van der Waals surface area contributed by atoms with Crippen LogP contribution in [0.4, 0.5) is 5.69 Å². The van der Waals surface area contributed by atoms with Crippen LogP contribution in [-0.2, 0) is 11.2 Å². The van der Waals surface area contributed by atoms with Gasteiger partial charge in [0.05, 0.1) is 13.5 Å². The topological polar surface area (TPSA) is 38.3 Å². The molecule has 0 saturated carbocycles. The van der Waals surface area contributed by atoms with Crippen molar-refractivity contribution in [3.63, 3.8) is 0 Å². The summed E-state index contributed by atoms with van der Waals surface area (Å²) < 4.78 is 5.29. The van der Waals surface area contributed by atoms with Crippen LogP contribution in [0.15, 0.2) is 36.4 Å². The van der Waals surface area contributed by atoms with Gasteiger partial charge in [-0.05, 0) is 37.6 Å². The maximum absolute atomic E-state index is 12.2. The summed E-state index contributed by atoms with van der Waals surface area (Å²) >= 11 is 5.96. The highest BCUT2D eigenvalue weighted by molar-refractivity contribution is 6.31. The normalized spacial score (nSPS) is 10.3. The van der Waals surface area contributed by atoms with E-state index in [1.54, 1.807) is 19.2 Å². The zero-order chi connectivity index (χ0) is 15.4.